The molecule has 1 unspecified atom stereocenters. The summed E-state index contributed by atoms with van der Waals surface area (Å²) in [4.78, 5) is 10.4. The SMILES string of the molecule is CC.CC.CC.CCCCC(C)C(N)=O. The zero-order valence-electron chi connectivity index (χ0n) is 12.2. The van der Waals surface area contributed by atoms with Gasteiger partial charge in [0, 0.05) is 5.92 Å². The highest BCUT2D eigenvalue weighted by molar-refractivity contribution is 5.76. The van der Waals surface area contributed by atoms with Crippen molar-refractivity contribution in [2.45, 2.75) is 74.7 Å². The first-order chi connectivity index (χ1) is 7.18. The quantitative estimate of drug-likeness (QED) is 0.749. The van der Waals surface area contributed by atoms with Crippen molar-refractivity contribution in [2.24, 2.45) is 11.7 Å². The lowest BCUT2D eigenvalue weighted by Gasteiger charge is -2.03. The van der Waals surface area contributed by atoms with Crippen LogP contribution in [-0.4, -0.2) is 5.91 Å². The number of primary amides is 1. The van der Waals surface area contributed by atoms with Gasteiger partial charge in [-0.05, 0) is 6.42 Å². The van der Waals surface area contributed by atoms with Crippen LogP contribution in [0, 0.1) is 5.92 Å². The van der Waals surface area contributed by atoms with Crippen molar-refractivity contribution < 1.29 is 4.79 Å². The van der Waals surface area contributed by atoms with Crippen molar-refractivity contribution in [1.29, 1.82) is 0 Å². The molecule has 0 rings (SSSR count). The highest BCUT2D eigenvalue weighted by atomic mass is 16.1. The summed E-state index contributed by atoms with van der Waals surface area (Å²) in [5, 5.41) is 0. The lowest BCUT2D eigenvalue weighted by molar-refractivity contribution is -0.121. The van der Waals surface area contributed by atoms with Crippen LogP contribution in [-0.2, 0) is 4.79 Å². The van der Waals surface area contributed by atoms with E-state index in [1.807, 2.05) is 48.5 Å². The summed E-state index contributed by atoms with van der Waals surface area (Å²) in [6.07, 6.45) is 3.17. The Morgan fingerprint density at radius 2 is 1.40 bits per heavy atom. The van der Waals surface area contributed by atoms with Crippen LogP contribution >= 0.6 is 0 Å². The lowest BCUT2D eigenvalue weighted by Crippen LogP contribution is -2.20. The van der Waals surface area contributed by atoms with E-state index in [0.29, 0.717) is 0 Å². The molecule has 0 aromatic carbocycles. The van der Waals surface area contributed by atoms with Crippen molar-refractivity contribution in [1.82, 2.24) is 0 Å². The molecule has 1 amide bonds. The van der Waals surface area contributed by atoms with Crippen molar-refractivity contribution in [3.63, 3.8) is 0 Å². The van der Waals surface area contributed by atoms with E-state index in [1.54, 1.807) is 0 Å². The molecular weight excluding hydrogens is 186 g/mol. The molecule has 0 aromatic rings. The van der Waals surface area contributed by atoms with E-state index in [2.05, 4.69) is 6.92 Å². The van der Waals surface area contributed by atoms with Crippen LogP contribution in [0.5, 0.6) is 0 Å². The fourth-order valence-electron chi connectivity index (χ4n) is 0.653. The van der Waals surface area contributed by atoms with Crippen molar-refractivity contribution in [2.75, 3.05) is 0 Å². The Labute approximate surface area is 97.6 Å². The van der Waals surface area contributed by atoms with E-state index in [4.69, 9.17) is 5.73 Å². The molecule has 0 bridgehead atoms. The van der Waals surface area contributed by atoms with Crippen molar-refractivity contribution in [3.05, 3.63) is 0 Å². The molecule has 2 N–H and O–H groups in total. The van der Waals surface area contributed by atoms with E-state index in [0.717, 1.165) is 19.3 Å². The molecule has 15 heavy (non-hydrogen) atoms. The van der Waals surface area contributed by atoms with Gasteiger partial charge >= 0.3 is 0 Å². The minimum atomic E-state index is -0.177. The lowest BCUT2D eigenvalue weighted by atomic mass is 10.0. The smallest absolute Gasteiger partial charge is 0.220 e. The minimum Gasteiger partial charge on any atom is -0.369 e. The normalized spacial score (nSPS) is 9.07. The Bertz CT molecular complexity index is 92.5. The third-order valence-corrected chi connectivity index (χ3v) is 1.48. The number of rotatable bonds is 4. The van der Waals surface area contributed by atoms with Crippen LogP contribution < -0.4 is 5.73 Å². The molecule has 0 aliphatic rings. The van der Waals surface area contributed by atoms with Crippen molar-refractivity contribution in [3.8, 4) is 0 Å². The molecular formula is C13H33NO. The Hall–Kier alpha value is -0.530. The predicted octanol–water partition coefficient (Wildman–Crippen LogP) is 4.38. The molecule has 0 fully saturated rings. The molecule has 0 aliphatic heterocycles. The summed E-state index contributed by atoms with van der Waals surface area (Å²) in [7, 11) is 0. The minimum absolute atomic E-state index is 0.0601. The molecule has 0 aliphatic carbocycles. The third-order valence-electron chi connectivity index (χ3n) is 1.48. The van der Waals surface area contributed by atoms with E-state index in [-0.39, 0.29) is 11.8 Å². The molecule has 1 atom stereocenters. The van der Waals surface area contributed by atoms with Crippen LogP contribution in [0.15, 0.2) is 0 Å². The zero-order valence-corrected chi connectivity index (χ0v) is 12.2. The fourth-order valence-corrected chi connectivity index (χ4v) is 0.653. The van der Waals surface area contributed by atoms with Gasteiger partial charge in [0.15, 0.2) is 0 Å². The van der Waals surface area contributed by atoms with Crippen LogP contribution in [0.1, 0.15) is 74.7 Å². The maximum Gasteiger partial charge on any atom is 0.220 e. The van der Waals surface area contributed by atoms with Gasteiger partial charge in [-0.2, -0.15) is 0 Å². The van der Waals surface area contributed by atoms with Crippen LogP contribution in [0.25, 0.3) is 0 Å². The van der Waals surface area contributed by atoms with Gasteiger partial charge < -0.3 is 5.73 Å². The summed E-state index contributed by atoms with van der Waals surface area (Å²) >= 11 is 0. The average Bonchev–Trinajstić information content (AvgIpc) is 2.33. The predicted molar refractivity (Wildman–Crippen MR) is 71.9 cm³/mol. The Balaban J connectivity index is -0.0000000860. The maximum absolute atomic E-state index is 10.4. The topological polar surface area (TPSA) is 43.1 Å². The van der Waals surface area contributed by atoms with Gasteiger partial charge in [0.05, 0.1) is 0 Å². The second-order valence-corrected chi connectivity index (χ2v) is 2.45. The summed E-state index contributed by atoms with van der Waals surface area (Å²) < 4.78 is 0. The monoisotopic (exact) mass is 219 g/mol. The third kappa shape index (κ3) is 31.8. The highest BCUT2D eigenvalue weighted by Gasteiger charge is 2.05. The molecule has 0 aromatic heterocycles. The highest BCUT2D eigenvalue weighted by Crippen LogP contribution is 2.05. The van der Waals surface area contributed by atoms with Crippen LogP contribution in [0.3, 0.4) is 0 Å². The van der Waals surface area contributed by atoms with Gasteiger partial charge in [0.2, 0.25) is 5.91 Å². The number of hydrogen-bond donors (Lipinski definition) is 1. The number of amides is 1. The van der Waals surface area contributed by atoms with Crippen molar-refractivity contribution >= 4 is 5.91 Å². The molecule has 2 heteroatoms. The van der Waals surface area contributed by atoms with Gasteiger partial charge in [-0.1, -0.05) is 68.2 Å². The van der Waals surface area contributed by atoms with E-state index >= 15 is 0 Å². The number of hydrogen-bond acceptors (Lipinski definition) is 1. The molecule has 2 nitrogen and oxygen atoms in total. The van der Waals surface area contributed by atoms with Gasteiger partial charge in [-0.3, -0.25) is 4.79 Å². The van der Waals surface area contributed by atoms with Crippen LogP contribution in [0.2, 0.25) is 0 Å². The largest absolute Gasteiger partial charge is 0.369 e. The van der Waals surface area contributed by atoms with E-state index in [1.165, 1.54) is 0 Å². The summed E-state index contributed by atoms with van der Waals surface area (Å²) in [6, 6.07) is 0. The van der Waals surface area contributed by atoms with E-state index < -0.39 is 0 Å². The first kappa shape index (κ1) is 24.0. The number of carbonyl (C=O) groups is 1. The standard InChI is InChI=1S/C7H15NO.3C2H6/c1-3-4-5-6(2)7(8)9;3*1-2/h6H,3-5H2,1-2H3,(H2,8,9);3*1-2H3. The van der Waals surface area contributed by atoms with Gasteiger partial charge in [-0.25, -0.2) is 0 Å². The first-order valence-electron chi connectivity index (χ1n) is 6.47. The Morgan fingerprint density at radius 3 is 1.60 bits per heavy atom. The molecule has 96 valence electrons. The summed E-state index contributed by atoms with van der Waals surface area (Å²) in [5.41, 5.74) is 5.04. The Morgan fingerprint density at radius 1 is 1.07 bits per heavy atom. The fraction of sp³-hybridized carbons (Fsp3) is 0.923. The zero-order chi connectivity index (χ0) is 13.3. The summed E-state index contributed by atoms with van der Waals surface area (Å²) in [6.45, 7) is 16.0. The van der Waals surface area contributed by atoms with Crippen LogP contribution in [0.4, 0.5) is 0 Å². The average molecular weight is 219 g/mol. The second-order valence-electron chi connectivity index (χ2n) is 2.45. The van der Waals surface area contributed by atoms with Gasteiger partial charge in [-0.15, -0.1) is 0 Å². The molecule has 0 saturated carbocycles. The number of nitrogens with two attached hydrogens (primary N) is 1. The molecule has 0 heterocycles. The number of carbonyl (C=O) groups excluding carboxylic acids is 1. The maximum atomic E-state index is 10.4. The number of unbranched alkanes of at least 4 members (excludes halogenated alkanes) is 1. The molecule has 0 radical (unpaired) electrons. The first-order valence-corrected chi connectivity index (χ1v) is 6.47. The second kappa shape index (κ2) is 29.2. The molecule has 0 saturated heterocycles. The van der Waals surface area contributed by atoms with E-state index in [9.17, 15) is 4.79 Å². The Kier molecular flexibility index (Phi) is 46.6. The van der Waals surface area contributed by atoms with Gasteiger partial charge in [0.1, 0.15) is 0 Å². The van der Waals surface area contributed by atoms with Gasteiger partial charge in [0.25, 0.3) is 0 Å². The molecule has 0 spiro atoms. The summed E-state index contributed by atoms with van der Waals surface area (Å²) in [5.74, 6) is -0.117.